The molecule has 1 heterocycles. The van der Waals surface area contributed by atoms with E-state index in [2.05, 4.69) is 29.1 Å². The predicted molar refractivity (Wildman–Crippen MR) is 66.2 cm³/mol. The lowest BCUT2D eigenvalue weighted by Crippen LogP contribution is -1.99. The Hall–Kier alpha value is -0.500. The van der Waals surface area contributed by atoms with E-state index in [0.29, 0.717) is 0 Å². The lowest BCUT2D eigenvalue weighted by Gasteiger charge is -2.03. The zero-order valence-electron chi connectivity index (χ0n) is 9.09. The fraction of sp³-hybridized carbons (Fsp3) is 0.667. The van der Waals surface area contributed by atoms with Crippen LogP contribution in [-0.2, 0) is 0 Å². The molecule has 0 bridgehead atoms. The molecule has 0 unspecified atom stereocenters. The first-order chi connectivity index (χ1) is 6.93. The number of hydrogen-bond donors (Lipinski definition) is 1. The molecule has 14 heavy (non-hydrogen) atoms. The van der Waals surface area contributed by atoms with Crippen molar-refractivity contribution in [3.63, 3.8) is 0 Å². The topological polar surface area (TPSA) is 12.0 Å². The van der Waals surface area contributed by atoms with Gasteiger partial charge in [-0.2, -0.15) is 11.3 Å². The van der Waals surface area contributed by atoms with Crippen LogP contribution in [0.1, 0.15) is 45.4 Å². The van der Waals surface area contributed by atoms with E-state index in [-0.39, 0.29) is 0 Å². The van der Waals surface area contributed by atoms with Crippen LogP contribution in [0.4, 0.5) is 5.69 Å². The standard InChI is InChI=1S/C12H21NS/c1-2-3-4-5-6-7-9-13-12-8-10-14-11-12/h8,10-11,13H,2-7,9H2,1H3. The van der Waals surface area contributed by atoms with Gasteiger partial charge in [0.25, 0.3) is 0 Å². The van der Waals surface area contributed by atoms with Crippen LogP contribution in [0.5, 0.6) is 0 Å². The molecule has 0 aliphatic carbocycles. The van der Waals surface area contributed by atoms with E-state index in [1.807, 2.05) is 0 Å². The van der Waals surface area contributed by atoms with Gasteiger partial charge in [-0.1, -0.05) is 39.0 Å². The first-order valence-corrected chi connectivity index (χ1v) is 6.64. The van der Waals surface area contributed by atoms with Crippen LogP contribution in [0.3, 0.4) is 0 Å². The highest BCUT2D eigenvalue weighted by Gasteiger charge is 1.91. The highest BCUT2D eigenvalue weighted by molar-refractivity contribution is 7.08. The van der Waals surface area contributed by atoms with Crippen molar-refractivity contribution in [2.75, 3.05) is 11.9 Å². The first kappa shape index (κ1) is 11.6. The predicted octanol–water partition coefficient (Wildman–Crippen LogP) is 4.52. The van der Waals surface area contributed by atoms with E-state index in [9.17, 15) is 0 Å². The first-order valence-electron chi connectivity index (χ1n) is 5.69. The van der Waals surface area contributed by atoms with E-state index in [1.165, 1.54) is 44.2 Å². The number of rotatable bonds is 8. The highest BCUT2D eigenvalue weighted by atomic mass is 32.1. The molecule has 2 heteroatoms. The smallest absolute Gasteiger partial charge is 0.0448 e. The Morgan fingerprint density at radius 1 is 1.14 bits per heavy atom. The Morgan fingerprint density at radius 2 is 1.93 bits per heavy atom. The molecule has 1 N–H and O–H groups in total. The molecular formula is C12H21NS. The average Bonchev–Trinajstić information content (AvgIpc) is 2.69. The van der Waals surface area contributed by atoms with Crippen LogP contribution in [0, 0.1) is 0 Å². The summed E-state index contributed by atoms with van der Waals surface area (Å²) >= 11 is 1.75. The fourth-order valence-electron chi connectivity index (χ4n) is 1.50. The van der Waals surface area contributed by atoms with Crippen LogP contribution >= 0.6 is 11.3 Å². The normalized spacial score (nSPS) is 10.4. The molecule has 0 aromatic carbocycles. The minimum absolute atomic E-state index is 1.13. The zero-order valence-corrected chi connectivity index (χ0v) is 9.91. The van der Waals surface area contributed by atoms with Crippen LogP contribution < -0.4 is 5.32 Å². The number of unbranched alkanes of at least 4 members (excludes halogenated alkanes) is 5. The third-order valence-corrected chi connectivity index (χ3v) is 3.06. The summed E-state index contributed by atoms with van der Waals surface area (Å²) in [6.07, 6.45) is 8.23. The summed E-state index contributed by atoms with van der Waals surface area (Å²) in [5.74, 6) is 0. The van der Waals surface area contributed by atoms with Gasteiger partial charge in [0, 0.05) is 17.6 Å². The average molecular weight is 211 g/mol. The van der Waals surface area contributed by atoms with Gasteiger partial charge in [0.1, 0.15) is 0 Å². The summed E-state index contributed by atoms with van der Waals surface area (Å²) in [6, 6.07) is 2.14. The van der Waals surface area contributed by atoms with Crippen LogP contribution in [0.2, 0.25) is 0 Å². The maximum absolute atomic E-state index is 3.43. The second kappa shape index (κ2) is 7.86. The van der Waals surface area contributed by atoms with Gasteiger partial charge < -0.3 is 5.32 Å². The van der Waals surface area contributed by atoms with Crippen LogP contribution in [0.15, 0.2) is 16.8 Å². The van der Waals surface area contributed by atoms with Crippen molar-refractivity contribution in [1.82, 2.24) is 0 Å². The molecule has 1 rings (SSSR count). The van der Waals surface area contributed by atoms with Gasteiger partial charge >= 0.3 is 0 Å². The Labute approximate surface area is 91.5 Å². The van der Waals surface area contributed by atoms with Crippen molar-refractivity contribution >= 4 is 17.0 Å². The van der Waals surface area contributed by atoms with Crippen LogP contribution in [-0.4, -0.2) is 6.54 Å². The monoisotopic (exact) mass is 211 g/mol. The fourth-order valence-corrected chi connectivity index (χ4v) is 2.12. The van der Waals surface area contributed by atoms with Crippen LogP contribution in [0.25, 0.3) is 0 Å². The minimum atomic E-state index is 1.13. The minimum Gasteiger partial charge on any atom is -0.384 e. The maximum atomic E-state index is 3.43. The third kappa shape index (κ3) is 5.28. The Bertz CT molecular complexity index is 206. The number of anilines is 1. The highest BCUT2D eigenvalue weighted by Crippen LogP contribution is 2.12. The maximum Gasteiger partial charge on any atom is 0.0448 e. The lowest BCUT2D eigenvalue weighted by atomic mass is 10.1. The van der Waals surface area contributed by atoms with Gasteiger partial charge in [0.15, 0.2) is 0 Å². The second-order valence-corrected chi connectivity index (χ2v) is 4.49. The van der Waals surface area contributed by atoms with E-state index >= 15 is 0 Å². The Kier molecular flexibility index (Phi) is 6.50. The molecule has 0 saturated heterocycles. The molecule has 0 aliphatic rings. The summed E-state index contributed by atoms with van der Waals surface area (Å²) in [6.45, 7) is 3.39. The molecule has 0 saturated carbocycles. The quantitative estimate of drug-likeness (QED) is 0.623. The zero-order chi connectivity index (χ0) is 10.1. The summed E-state index contributed by atoms with van der Waals surface area (Å²) in [5.41, 5.74) is 1.28. The van der Waals surface area contributed by atoms with Gasteiger partial charge in [0.05, 0.1) is 0 Å². The largest absolute Gasteiger partial charge is 0.384 e. The van der Waals surface area contributed by atoms with E-state index in [4.69, 9.17) is 0 Å². The summed E-state index contributed by atoms with van der Waals surface area (Å²) in [5, 5.41) is 7.70. The molecule has 80 valence electrons. The molecule has 0 amide bonds. The Morgan fingerprint density at radius 3 is 2.64 bits per heavy atom. The van der Waals surface area contributed by atoms with Gasteiger partial charge in [-0.25, -0.2) is 0 Å². The molecule has 0 spiro atoms. The van der Waals surface area contributed by atoms with Crippen molar-refractivity contribution in [3.05, 3.63) is 16.8 Å². The molecule has 0 aliphatic heterocycles. The molecular weight excluding hydrogens is 190 g/mol. The second-order valence-electron chi connectivity index (χ2n) is 3.71. The molecule has 1 aromatic heterocycles. The summed E-state index contributed by atoms with van der Waals surface area (Å²) in [7, 11) is 0. The van der Waals surface area contributed by atoms with Gasteiger partial charge in [-0.05, 0) is 17.9 Å². The third-order valence-electron chi connectivity index (χ3n) is 2.38. The van der Waals surface area contributed by atoms with Gasteiger partial charge in [-0.3, -0.25) is 0 Å². The van der Waals surface area contributed by atoms with Crippen molar-refractivity contribution in [3.8, 4) is 0 Å². The summed E-state index contributed by atoms with van der Waals surface area (Å²) in [4.78, 5) is 0. The van der Waals surface area contributed by atoms with Crippen molar-refractivity contribution < 1.29 is 0 Å². The van der Waals surface area contributed by atoms with Gasteiger partial charge in [-0.15, -0.1) is 0 Å². The summed E-state index contributed by atoms with van der Waals surface area (Å²) < 4.78 is 0. The van der Waals surface area contributed by atoms with Crippen molar-refractivity contribution in [1.29, 1.82) is 0 Å². The molecule has 0 atom stereocenters. The number of nitrogens with one attached hydrogen (secondary N) is 1. The van der Waals surface area contributed by atoms with Crippen molar-refractivity contribution in [2.24, 2.45) is 0 Å². The van der Waals surface area contributed by atoms with E-state index in [0.717, 1.165) is 6.54 Å². The Balaban J connectivity index is 1.85. The van der Waals surface area contributed by atoms with Crippen molar-refractivity contribution in [2.45, 2.75) is 45.4 Å². The SMILES string of the molecule is CCCCCCCCNc1ccsc1. The van der Waals surface area contributed by atoms with E-state index in [1.54, 1.807) is 11.3 Å². The molecule has 1 nitrogen and oxygen atoms in total. The molecule has 1 aromatic rings. The number of hydrogen-bond acceptors (Lipinski definition) is 2. The molecule has 0 fully saturated rings. The lowest BCUT2D eigenvalue weighted by molar-refractivity contribution is 0.617. The molecule has 0 radical (unpaired) electrons. The van der Waals surface area contributed by atoms with E-state index < -0.39 is 0 Å². The van der Waals surface area contributed by atoms with Gasteiger partial charge in [0.2, 0.25) is 0 Å². The number of thiophene rings is 1.